The number of carbonyl (C=O) groups excluding carboxylic acids is 1. The van der Waals surface area contributed by atoms with Crippen molar-refractivity contribution < 1.29 is 4.79 Å². The predicted octanol–water partition coefficient (Wildman–Crippen LogP) is 4.57. The van der Waals surface area contributed by atoms with Gasteiger partial charge in [-0.05, 0) is 35.4 Å². The highest BCUT2D eigenvalue weighted by atomic mass is 16.2. The van der Waals surface area contributed by atoms with Gasteiger partial charge in [-0.3, -0.25) is 4.79 Å². The van der Waals surface area contributed by atoms with Gasteiger partial charge < -0.3 is 9.47 Å². The molecule has 28 heavy (non-hydrogen) atoms. The van der Waals surface area contributed by atoms with Gasteiger partial charge in [0.05, 0.1) is 11.0 Å². The van der Waals surface area contributed by atoms with E-state index < -0.39 is 0 Å². The second kappa shape index (κ2) is 6.79. The highest BCUT2D eigenvalue weighted by Crippen LogP contribution is 2.31. The van der Waals surface area contributed by atoms with Crippen LogP contribution in [0, 0.1) is 0 Å². The summed E-state index contributed by atoms with van der Waals surface area (Å²) < 4.78 is 2.31. The van der Waals surface area contributed by atoms with Gasteiger partial charge in [0.2, 0.25) is 5.91 Å². The van der Waals surface area contributed by atoms with E-state index in [0.29, 0.717) is 6.42 Å². The molecule has 1 amide bonds. The molecule has 0 bridgehead atoms. The second-order valence-corrected chi connectivity index (χ2v) is 7.52. The Labute approximate surface area is 164 Å². The standard InChI is InChI=1S/C24H23N3O/c1-2-26-15-19(14-23(26)28)24-25-21-12-5-6-13-22(21)27(24)16-18-10-7-9-17-8-3-4-11-20(17)18/h3-13,19H,2,14-16H2,1H3/t19-/m0/s1. The smallest absolute Gasteiger partial charge is 0.223 e. The zero-order valence-corrected chi connectivity index (χ0v) is 16.0. The van der Waals surface area contributed by atoms with Gasteiger partial charge in [-0.25, -0.2) is 4.98 Å². The SMILES string of the molecule is CCN1C[C@@H](c2nc3ccccc3n2Cc2cccc3ccccc23)CC1=O. The summed E-state index contributed by atoms with van der Waals surface area (Å²) >= 11 is 0. The molecule has 5 rings (SSSR count). The van der Waals surface area contributed by atoms with E-state index in [1.807, 2.05) is 17.9 Å². The van der Waals surface area contributed by atoms with Gasteiger partial charge in [-0.2, -0.15) is 0 Å². The minimum absolute atomic E-state index is 0.148. The number of carbonyl (C=O) groups is 1. The molecule has 0 saturated carbocycles. The number of hydrogen-bond acceptors (Lipinski definition) is 2. The van der Waals surface area contributed by atoms with E-state index in [1.54, 1.807) is 0 Å². The number of fused-ring (bicyclic) bond motifs is 2. The molecule has 1 atom stereocenters. The number of hydrogen-bond donors (Lipinski definition) is 0. The molecule has 1 fully saturated rings. The Kier molecular flexibility index (Phi) is 4.12. The highest BCUT2D eigenvalue weighted by Gasteiger charge is 2.33. The third-order valence-corrected chi connectivity index (χ3v) is 5.85. The van der Waals surface area contributed by atoms with E-state index in [-0.39, 0.29) is 11.8 Å². The van der Waals surface area contributed by atoms with Crippen molar-refractivity contribution in [1.82, 2.24) is 14.5 Å². The van der Waals surface area contributed by atoms with Crippen molar-refractivity contribution in [2.75, 3.05) is 13.1 Å². The molecule has 0 aliphatic carbocycles. The lowest BCUT2D eigenvalue weighted by Crippen LogP contribution is -2.24. The van der Waals surface area contributed by atoms with Crippen molar-refractivity contribution >= 4 is 27.7 Å². The Morgan fingerprint density at radius 1 is 1.00 bits per heavy atom. The van der Waals surface area contributed by atoms with Crippen LogP contribution in [0.25, 0.3) is 21.8 Å². The number of amides is 1. The Hall–Kier alpha value is -3.14. The summed E-state index contributed by atoms with van der Waals surface area (Å²) in [4.78, 5) is 19.2. The Bertz CT molecular complexity index is 1170. The fourth-order valence-corrected chi connectivity index (χ4v) is 4.42. The maximum Gasteiger partial charge on any atom is 0.223 e. The molecule has 1 saturated heterocycles. The van der Waals surface area contributed by atoms with Crippen molar-refractivity contribution in [1.29, 1.82) is 0 Å². The summed E-state index contributed by atoms with van der Waals surface area (Å²) in [6.07, 6.45) is 0.548. The number of likely N-dealkylation sites (tertiary alicyclic amines) is 1. The Morgan fingerprint density at radius 2 is 1.79 bits per heavy atom. The first-order valence-corrected chi connectivity index (χ1v) is 9.94. The van der Waals surface area contributed by atoms with Crippen LogP contribution in [-0.4, -0.2) is 33.4 Å². The molecule has 0 N–H and O–H groups in total. The molecule has 4 heteroatoms. The lowest BCUT2D eigenvalue weighted by atomic mass is 10.0. The van der Waals surface area contributed by atoms with Crippen molar-refractivity contribution in [2.24, 2.45) is 0 Å². The third-order valence-electron chi connectivity index (χ3n) is 5.85. The topological polar surface area (TPSA) is 38.1 Å². The van der Waals surface area contributed by atoms with Crippen molar-refractivity contribution in [3.05, 3.63) is 78.1 Å². The third kappa shape index (κ3) is 2.76. The minimum atomic E-state index is 0.148. The van der Waals surface area contributed by atoms with Crippen LogP contribution in [-0.2, 0) is 11.3 Å². The van der Waals surface area contributed by atoms with Crippen LogP contribution in [0.15, 0.2) is 66.7 Å². The maximum absolute atomic E-state index is 12.3. The summed E-state index contributed by atoms with van der Waals surface area (Å²) in [5.74, 6) is 1.41. The maximum atomic E-state index is 12.3. The second-order valence-electron chi connectivity index (χ2n) is 7.52. The van der Waals surface area contributed by atoms with E-state index >= 15 is 0 Å². The molecule has 4 nitrogen and oxygen atoms in total. The molecule has 2 heterocycles. The number of likely N-dealkylation sites (N-methyl/N-ethyl adjacent to an activating group) is 1. The number of rotatable bonds is 4. The molecular weight excluding hydrogens is 346 g/mol. The van der Waals surface area contributed by atoms with Gasteiger partial charge in [-0.1, -0.05) is 54.6 Å². The van der Waals surface area contributed by atoms with Crippen molar-refractivity contribution in [2.45, 2.75) is 25.8 Å². The quantitative estimate of drug-likeness (QED) is 0.528. The molecule has 4 aromatic rings. The number of para-hydroxylation sites is 2. The van der Waals surface area contributed by atoms with E-state index in [4.69, 9.17) is 4.98 Å². The monoisotopic (exact) mass is 369 g/mol. The van der Waals surface area contributed by atoms with Gasteiger partial charge in [0.15, 0.2) is 0 Å². The van der Waals surface area contributed by atoms with Gasteiger partial charge in [0, 0.05) is 32.0 Å². The minimum Gasteiger partial charge on any atom is -0.342 e. The normalized spacial score (nSPS) is 17.1. The Balaban J connectivity index is 1.63. The summed E-state index contributed by atoms with van der Waals surface area (Å²) in [6.45, 7) is 4.32. The summed E-state index contributed by atoms with van der Waals surface area (Å²) in [6, 6.07) is 23.3. The summed E-state index contributed by atoms with van der Waals surface area (Å²) in [5, 5.41) is 2.52. The number of benzene rings is 3. The molecule has 0 radical (unpaired) electrons. The fraction of sp³-hybridized carbons (Fsp3) is 0.250. The molecule has 0 unspecified atom stereocenters. The van der Waals surface area contributed by atoms with Crippen LogP contribution in [0.3, 0.4) is 0 Å². The largest absolute Gasteiger partial charge is 0.342 e. The van der Waals surface area contributed by atoms with Crippen LogP contribution < -0.4 is 0 Å². The average molecular weight is 369 g/mol. The van der Waals surface area contributed by atoms with Crippen LogP contribution in [0.1, 0.15) is 30.7 Å². The van der Waals surface area contributed by atoms with Crippen LogP contribution in [0.4, 0.5) is 0 Å². The summed E-state index contributed by atoms with van der Waals surface area (Å²) in [7, 11) is 0. The first-order valence-electron chi connectivity index (χ1n) is 9.94. The van der Waals surface area contributed by atoms with Gasteiger partial charge in [0.25, 0.3) is 0 Å². The number of imidazole rings is 1. The Morgan fingerprint density at radius 3 is 2.64 bits per heavy atom. The zero-order chi connectivity index (χ0) is 19.1. The highest BCUT2D eigenvalue weighted by molar-refractivity contribution is 5.86. The zero-order valence-electron chi connectivity index (χ0n) is 16.0. The van der Waals surface area contributed by atoms with Crippen LogP contribution in [0.2, 0.25) is 0 Å². The molecule has 0 spiro atoms. The van der Waals surface area contributed by atoms with Gasteiger partial charge >= 0.3 is 0 Å². The van der Waals surface area contributed by atoms with Gasteiger partial charge in [0.1, 0.15) is 5.82 Å². The molecular formula is C24H23N3O. The van der Waals surface area contributed by atoms with E-state index in [9.17, 15) is 4.79 Å². The first-order chi connectivity index (χ1) is 13.7. The van der Waals surface area contributed by atoms with Crippen molar-refractivity contribution in [3.63, 3.8) is 0 Å². The lowest BCUT2D eigenvalue weighted by Gasteiger charge is -2.16. The molecule has 1 aliphatic heterocycles. The fourth-order valence-electron chi connectivity index (χ4n) is 4.42. The average Bonchev–Trinajstić information content (AvgIpc) is 3.28. The van der Waals surface area contributed by atoms with E-state index in [1.165, 1.54) is 16.3 Å². The van der Waals surface area contributed by atoms with Crippen LogP contribution in [0.5, 0.6) is 0 Å². The summed E-state index contributed by atoms with van der Waals surface area (Å²) in [5.41, 5.74) is 3.41. The molecule has 3 aromatic carbocycles. The first kappa shape index (κ1) is 17.0. The van der Waals surface area contributed by atoms with Crippen molar-refractivity contribution in [3.8, 4) is 0 Å². The number of aromatic nitrogens is 2. The van der Waals surface area contributed by atoms with E-state index in [2.05, 4.69) is 65.2 Å². The predicted molar refractivity (Wildman–Crippen MR) is 112 cm³/mol. The molecule has 1 aromatic heterocycles. The van der Waals surface area contributed by atoms with Crippen LogP contribution >= 0.6 is 0 Å². The molecule has 1 aliphatic rings. The van der Waals surface area contributed by atoms with Gasteiger partial charge in [-0.15, -0.1) is 0 Å². The molecule has 140 valence electrons. The van der Waals surface area contributed by atoms with E-state index in [0.717, 1.165) is 36.5 Å². The lowest BCUT2D eigenvalue weighted by molar-refractivity contribution is -0.127. The number of nitrogens with zero attached hydrogens (tertiary/aromatic N) is 3.